The number of hydrogen-bond donors (Lipinski definition) is 1. The molecule has 1 N–H and O–H groups in total. The van der Waals surface area contributed by atoms with Crippen molar-refractivity contribution in [1.82, 2.24) is 10.2 Å². The van der Waals surface area contributed by atoms with Crippen LogP contribution in [-0.4, -0.2) is 10.2 Å². The van der Waals surface area contributed by atoms with Crippen LogP contribution < -0.4 is 0 Å². The molecule has 2 heterocycles. The maximum Gasteiger partial charge on any atom is 0.155 e. The number of benzene rings is 2. The molecule has 6 heteroatoms. The molecule has 118 valence electrons. The summed E-state index contributed by atoms with van der Waals surface area (Å²) in [6.07, 6.45) is 1.64. The Kier molecular flexibility index (Phi) is 3.74. The Morgan fingerprint density at radius 3 is 2.71 bits per heavy atom. The molecule has 0 fully saturated rings. The minimum atomic E-state index is 0.633. The van der Waals surface area contributed by atoms with Gasteiger partial charge in [0.2, 0.25) is 0 Å². The van der Waals surface area contributed by atoms with Crippen LogP contribution in [0.25, 0.3) is 22.4 Å². The van der Waals surface area contributed by atoms with E-state index in [4.69, 9.17) is 4.42 Å². The number of azo groups is 1. The number of rotatable bonds is 3. The number of nitrogens with zero attached hydrogens (tertiary/aromatic N) is 3. The third-order valence-corrected chi connectivity index (χ3v) is 4.14. The lowest BCUT2D eigenvalue weighted by atomic mass is 10.2. The van der Waals surface area contributed by atoms with Crippen LogP contribution in [0.2, 0.25) is 0 Å². The van der Waals surface area contributed by atoms with Crippen LogP contribution in [0.3, 0.4) is 0 Å². The van der Waals surface area contributed by atoms with Crippen LogP contribution in [-0.2, 0) is 0 Å². The average Bonchev–Trinajstić information content (AvgIpc) is 3.19. The molecule has 4 aromatic rings. The molecular weight excluding hydrogens is 368 g/mol. The fourth-order valence-corrected chi connectivity index (χ4v) is 2.78. The highest BCUT2D eigenvalue weighted by Gasteiger charge is 2.13. The number of furan rings is 1. The van der Waals surface area contributed by atoms with Crippen molar-refractivity contribution in [2.45, 2.75) is 6.92 Å². The minimum absolute atomic E-state index is 0.633. The van der Waals surface area contributed by atoms with E-state index in [0.717, 1.165) is 21.1 Å². The zero-order valence-electron chi connectivity index (χ0n) is 12.8. The van der Waals surface area contributed by atoms with E-state index in [-0.39, 0.29) is 0 Å². The molecule has 0 atom stereocenters. The third kappa shape index (κ3) is 2.88. The average molecular weight is 381 g/mol. The highest BCUT2D eigenvalue weighted by molar-refractivity contribution is 9.10. The summed E-state index contributed by atoms with van der Waals surface area (Å²) in [5.74, 6) is 0.679. The second kappa shape index (κ2) is 6.05. The van der Waals surface area contributed by atoms with Gasteiger partial charge in [-0.15, -0.1) is 5.11 Å². The van der Waals surface area contributed by atoms with Gasteiger partial charge in [-0.3, -0.25) is 5.10 Å². The molecule has 0 aliphatic heterocycles. The van der Waals surface area contributed by atoms with Gasteiger partial charge in [0.15, 0.2) is 5.76 Å². The minimum Gasteiger partial charge on any atom is -0.454 e. The summed E-state index contributed by atoms with van der Waals surface area (Å²) in [4.78, 5) is 0. The number of aromatic nitrogens is 2. The van der Waals surface area contributed by atoms with E-state index in [0.29, 0.717) is 17.1 Å². The first-order chi connectivity index (χ1) is 11.7. The number of hydrogen-bond acceptors (Lipinski definition) is 4. The van der Waals surface area contributed by atoms with Gasteiger partial charge in [0, 0.05) is 9.86 Å². The van der Waals surface area contributed by atoms with E-state index >= 15 is 0 Å². The van der Waals surface area contributed by atoms with Gasteiger partial charge in [-0.1, -0.05) is 33.6 Å². The first kappa shape index (κ1) is 14.8. The molecule has 0 aliphatic carbocycles. The monoisotopic (exact) mass is 380 g/mol. The van der Waals surface area contributed by atoms with Crippen LogP contribution in [0.4, 0.5) is 11.4 Å². The Balaban J connectivity index is 1.69. The lowest BCUT2D eigenvalue weighted by Crippen LogP contribution is -1.73. The van der Waals surface area contributed by atoms with Gasteiger partial charge in [0.1, 0.15) is 17.0 Å². The SMILES string of the molecule is Cc1ccc(N=Nc2cn[nH]c2-c2cc3cc(Br)ccc3o2)cc1. The highest BCUT2D eigenvalue weighted by atomic mass is 79.9. The summed E-state index contributed by atoms with van der Waals surface area (Å²) >= 11 is 3.47. The number of H-pyrrole nitrogens is 1. The van der Waals surface area contributed by atoms with Crippen molar-refractivity contribution in [3.05, 3.63) is 64.8 Å². The van der Waals surface area contributed by atoms with Crippen LogP contribution in [0.1, 0.15) is 5.56 Å². The number of aromatic amines is 1. The van der Waals surface area contributed by atoms with E-state index in [1.807, 2.05) is 55.5 Å². The van der Waals surface area contributed by atoms with E-state index in [1.165, 1.54) is 5.56 Å². The standard InChI is InChI=1S/C18H13BrN4O/c1-11-2-5-14(6-3-11)21-22-15-10-20-23-18(15)17-9-12-8-13(19)4-7-16(12)24-17/h2-10H,1H3,(H,20,23). The molecular formula is C18H13BrN4O. The summed E-state index contributed by atoms with van der Waals surface area (Å²) in [6, 6.07) is 15.7. The molecule has 0 aliphatic rings. The largest absolute Gasteiger partial charge is 0.454 e. The van der Waals surface area contributed by atoms with Gasteiger partial charge in [-0.25, -0.2) is 0 Å². The molecule has 0 spiro atoms. The molecule has 0 saturated carbocycles. The van der Waals surface area contributed by atoms with Crippen molar-refractivity contribution >= 4 is 38.3 Å². The second-order valence-corrected chi connectivity index (χ2v) is 6.37. The predicted octanol–water partition coefficient (Wildman–Crippen LogP) is 6.31. The zero-order chi connectivity index (χ0) is 16.5. The molecule has 24 heavy (non-hydrogen) atoms. The molecule has 2 aromatic carbocycles. The van der Waals surface area contributed by atoms with Crippen molar-refractivity contribution in [3.8, 4) is 11.5 Å². The number of fused-ring (bicyclic) bond motifs is 1. The van der Waals surface area contributed by atoms with Gasteiger partial charge in [-0.05, 0) is 43.3 Å². The quantitative estimate of drug-likeness (QED) is 0.423. The molecule has 0 amide bonds. The molecule has 0 unspecified atom stereocenters. The Morgan fingerprint density at radius 1 is 1.04 bits per heavy atom. The molecule has 2 aromatic heterocycles. The maximum atomic E-state index is 5.88. The summed E-state index contributed by atoms with van der Waals surface area (Å²) in [6.45, 7) is 2.04. The summed E-state index contributed by atoms with van der Waals surface area (Å²) in [7, 11) is 0. The van der Waals surface area contributed by atoms with Crippen molar-refractivity contribution in [3.63, 3.8) is 0 Å². The maximum absolute atomic E-state index is 5.88. The smallest absolute Gasteiger partial charge is 0.155 e. The van der Waals surface area contributed by atoms with Gasteiger partial charge >= 0.3 is 0 Å². The fourth-order valence-electron chi connectivity index (χ4n) is 2.40. The Hall–Kier alpha value is -2.73. The van der Waals surface area contributed by atoms with Gasteiger partial charge < -0.3 is 4.42 Å². The van der Waals surface area contributed by atoms with Gasteiger partial charge in [0.25, 0.3) is 0 Å². The number of aryl methyl sites for hydroxylation is 1. The predicted molar refractivity (Wildman–Crippen MR) is 96.9 cm³/mol. The molecule has 0 bridgehead atoms. The van der Waals surface area contributed by atoms with Crippen LogP contribution in [0, 0.1) is 6.92 Å². The van der Waals surface area contributed by atoms with Crippen LogP contribution >= 0.6 is 15.9 Å². The second-order valence-electron chi connectivity index (χ2n) is 5.46. The van der Waals surface area contributed by atoms with Crippen molar-refractivity contribution in [2.24, 2.45) is 10.2 Å². The topological polar surface area (TPSA) is 66.5 Å². The first-order valence-electron chi connectivity index (χ1n) is 7.40. The van der Waals surface area contributed by atoms with Crippen LogP contribution in [0.15, 0.2) is 73.8 Å². The zero-order valence-corrected chi connectivity index (χ0v) is 14.4. The molecule has 0 saturated heterocycles. The highest BCUT2D eigenvalue weighted by Crippen LogP contribution is 2.34. The lowest BCUT2D eigenvalue weighted by molar-refractivity contribution is 0.628. The first-order valence-corrected chi connectivity index (χ1v) is 8.19. The Labute approximate surface area is 146 Å². The van der Waals surface area contributed by atoms with Crippen molar-refractivity contribution in [2.75, 3.05) is 0 Å². The third-order valence-electron chi connectivity index (χ3n) is 3.65. The van der Waals surface area contributed by atoms with E-state index in [9.17, 15) is 0 Å². The summed E-state index contributed by atoms with van der Waals surface area (Å²) in [5, 5.41) is 16.6. The van der Waals surface area contributed by atoms with E-state index in [2.05, 4.69) is 36.4 Å². The molecule has 5 nitrogen and oxygen atoms in total. The normalized spacial score (nSPS) is 11.6. The lowest BCUT2D eigenvalue weighted by Gasteiger charge is -1.95. The van der Waals surface area contributed by atoms with Gasteiger partial charge in [-0.2, -0.15) is 10.2 Å². The van der Waals surface area contributed by atoms with E-state index < -0.39 is 0 Å². The number of nitrogens with one attached hydrogen (secondary N) is 1. The fraction of sp³-hybridized carbons (Fsp3) is 0.0556. The molecule has 4 rings (SSSR count). The number of halogens is 1. The Bertz CT molecular complexity index is 1030. The van der Waals surface area contributed by atoms with Crippen molar-refractivity contribution < 1.29 is 4.42 Å². The summed E-state index contributed by atoms with van der Waals surface area (Å²) in [5.41, 5.74) is 4.13. The van der Waals surface area contributed by atoms with Gasteiger partial charge in [0.05, 0.1) is 11.9 Å². The Morgan fingerprint density at radius 2 is 1.88 bits per heavy atom. The van der Waals surface area contributed by atoms with Crippen molar-refractivity contribution in [1.29, 1.82) is 0 Å². The summed E-state index contributed by atoms with van der Waals surface area (Å²) < 4.78 is 6.89. The van der Waals surface area contributed by atoms with Crippen LogP contribution in [0.5, 0.6) is 0 Å². The van der Waals surface area contributed by atoms with E-state index in [1.54, 1.807) is 6.20 Å². The molecule has 0 radical (unpaired) electrons.